The minimum absolute atomic E-state index is 0.0588. The van der Waals surface area contributed by atoms with E-state index in [0.29, 0.717) is 44.3 Å². The molecule has 1 unspecified atom stereocenters. The molecule has 1 saturated heterocycles. The Morgan fingerprint density at radius 3 is 2.57 bits per heavy atom. The van der Waals surface area contributed by atoms with Gasteiger partial charge in [0.1, 0.15) is 5.76 Å². The van der Waals surface area contributed by atoms with Crippen molar-refractivity contribution in [3.05, 3.63) is 98.5 Å². The third-order valence-electron chi connectivity index (χ3n) is 6.98. The second-order valence-corrected chi connectivity index (χ2v) is 13.4. The summed E-state index contributed by atoms with van der Waals surface area (Å²) in [6.07, 6.45) is 3.02. The third-order valence-corrected chi connectivity index (χ3v) is 9.98. The van der Waals surface area contributed by atoms with E-state index in [2.05, 4.69) is 33.1 Å². The van der Waals surface area contributed by atoms with Crippen LogP contribution in [0.5, 0.6) is 11.5 Å². The van der Waals surface area contributed by atoms with Gasteiger partial charge in [0.05, 0.1) is 25.3 Å². The maximum atomic E-state index is 13.6. The summed E-state index contributed by atoms with van der Waals surface area (Å²) in [4.78, 5) is 28.5. The van der Waals surface area contributed by atoms with Crippen molar-refractivity contribution in [3.8, 4) is 11.5 Å². The molecule has 44 heavy (non-hydrogen) atoms. The Morgan fingerprint density at radius 1 is 1.07 bits per heavy atom. The summed E-state index contributed by atoms with van der Waals surface area (Å²) in [6, 6.07) is 18.6. The van der Waals surface area contributed by atoms with E-state index in [4.69, 9.17) is 21.1 Å². The number of carbonyl (C=O) groups excluding carboxylic acids is 2. The molecule has 0 bridgehead atoms. The maximum absolute atomic E-state index is 13.6. The first-order valence-electron chi connectivity index (χ1n) is 13.9. The molecular weight excluding hydrogens is 686 g/mol. The van der Waals surface area contributed by atoms with E-state index in [0.717, 1.165) is 29.3 Å². The van der Waals surface area contributed by atoms with Gasteiger partial charge in [-0.1, -0.05) is 107 Å². The normalized spacial score (nSPS) is 16.0. The fraction of sp³-hybridized carbons (Fsp3) is 0.250. The number of aliphatic hydroxyl groups excluding tert-OH is 1. The van der Waals surface area contributed by atoms with Gasteiger partial charge in [0.2, 0.25) is 5.13 Å². The minimum Gasteiger partial charge on any atom is -0.507 e. The van der Waals surface area contributed by atoms with Crippen molar-refractivity contribution in [3.63, 3.8) is 0 Å². The molecule has 1 N–H and O–H groups in total. The molecule has 0 saturated carbocycles. The first-order valence-corrected chi connectivity index (χ1v) is 16.9. The summed E-state index contributed by atoms with van der Waals surface area (Å²) in [7, 11) is 1.53. The molecule has 1 fully saturated rings. The highest BCUT2D eigenvalue weighted by Crippen LogP contribution is 2.45. The Balaban J connectivity index is 1.54. The maximum Gasteiger partial charge on any atom is 0.301 e. The van der Waals surface area contributed by atoms with Crippen LogP contribution >= 0.6 is 50.6 Å². The number of ketones is 1. The topological polar surface area (TPSA) is 102 Å². The minimum atomic E-state index is -0.990. The average molecular weight is 715 g/mol. The number of methoxy groups -OCH3 is 1. The largest absolute Gasteiger partial charge is 0.507 e. The second-order valence-electron chi connectivity index (χ2n) is 9.87. The molecule has 228 valence electrons. The van der Waals surface area contributed by atoms with E-state index < -0.39 is 17.7 Å². The molecule has 3 aromatic carbocycles. The summed E-state index contributed by atoms with van der Waals surface area (Å²) in [5.41, 5.74) is 1.82. The van der Waals surface area contributed by atoms with Gasteiger partial charge in [-0.2, -0.15) is 0 Å². The van der Waals surface area contributed by atoms with E-state index >= 15 is 0 Å². The van der Waals surface area contributed by atoms with Gasteiger partial charge in [0.25, 0.3) is 5.78 Å². The molecule has 5 rings (SSSR count). The number of Topliss-reactive ketones (excluding diaryl/α,β-unsaturated/α-hetero) is 1. The summed E-state index contributed by atoms with van der Waals surface area (Å²) in [5, 5.41) is 20.9. The van der Waals surface area contributed by atoms with Crippen LogP contribution in [0.3, 0.4) is 0 Å². The first-order chi connectivity index (χ1) is 21.3. The predicted molar refractivity (Wildman–Crippen MR) is 178 cm³/mol. The first kappa shape index (κ1) is 32.0. The van der Waals surface area contributed by atoms with Crippen molar-refractivity contribution in [1.82, 2.24) is 10.2 Å². The molecule has 0 radical (unpaired) electrons. The Kier molecular flexibility index (Phi) is 10.6. The van der Waals surface area contributed by atoms with Crippen LogP contribution in [0.25, 0.3) is 5.76 Å². The van der Waals surface area contributed by atoms with Crippen molar-refractivity contribution in [2.45, 2.75) is 42.3 Å². The zero-order valence-electron chi connectivity index (χ0n) is 24.0. The second kappa shape index (κ2) is 14.6. The van der Waals surface area contributed by atoms with Gasteiger partial charge in [-0.3, -0.25) is 14.5 Å². The lowest BCUT2D eigenvalue weighted by Crippen LogP contribution is -2.29. The summed E-state index contributed by atoms with van der Waals surface area (Å²) in [6.45, 7) is 2.66. The van der Waals surface area contributed by atoms with Gasteiger partial charge >= 0.3 is 5.91 Å². The molecule has 8 nitrogen and oxygen atoms in total. The van der Waals surface area contributed by atoms with Crippen LogP contribution in [0, 0.1) is 0 Å². The fourth-order valence-electron chi connectivity index (χ4n) is 4.73. The van der Waals surface area contributed by atoms with Crippen molar-refractivity contribution in [1.29, 1.82) is 0 Å². The number of benzene rings is 3. The van der Waals surface area contributed by atoms with Gasteiger partial charge < -0.3 is 14.6 Å². The highest BCUT2D eigenvalue weighted by molar-refractivity contribution is 9.10. The molecule has 1 atom stereocenters. The number of amides is 1. The van der Waals surface area contributed by atoms with Gasteiger partial charge in [0, 0.05) is 20.8 Å². The van der Waals surface area contributed by atoms with Crippen molar-refractivity contribution < 1.29 is 24.2 Å². The lowest BCUT2D eigenvalue weighted by atomic mass is 9.95. The Bertz CT molecular complexity index is 1700. The third kappa shape index (κ3) is 6.96. The molecule has 0 spiro atoms. The number of unbranched alkanes of at least 4 members (excludes halogenated alkanes) is 2. The number of halogens is 2. The van der Waals surface area contributed by atoms with E-state index in [1.54, 1.807) is 42.5 Å². The number of hydrogen-bond acceptors (Lipinski definition) is 9. The lowest BCUT2D eigenvalue weighted by molar-refractivity contribution is -0.132. The highest BCUT2D eigenvalue weighted by atomic mass is 79.9. The highest BCUT2D eigenvalue weighted by Gasteiger charge is 2.48. The molecule has 0 aliphatic carbocycles. The SMILES string of the molecule is CCCCCOc1ccc(C2/C(=C(/O)c3ccc(Br)cc3)C(=O)C(=O)N2c2nnc(SCc3ccccc3Cl)s2)cc1OC. The van der Waals surface area contributed by atoms with Gasteiger partial charge in [-0.15, -0.1) is 10.2 Å². The van der Waals surface area contributed by atoms with Gasteiger partial charge in [-0.25, -0.2) is 0 Å². The number of aromatic nitrogens is 2. The number of anilines is 1. The number of thioether (sulfide) groups is 1. The number of nitrogens with zero attached hydrogens (tertiary/aromatic N) is 3. The number of hydrogen-bond donors (Lipinski definition) is 1. The van der Waals surface area contributed by atoms with Gasteiger partial charge in [-0.05, 0) is 47.9 Å². The fourth-order valence-corrected chi connectivity index (χ4v) is 7.15. The van der Waals surface area contributed by atoms with Crippen LogP contribution in [0.4, 0.5) is 5.13 Å². The smallest absolute Gasteiger partial charge is 0.301 e. The number of ether oxygens (including phenoxy) is 2. The van der Waals surface area contributed by atoms with E-state index in [-0.39, 0.29) is 16.5 Å². The zero-order chi connectivity index (χ0) is 31.2. The number of carbonyl (C=O) groups is 2. The standard InChI is InChI=1S/C32H29BrClN3O5S2/c1-3-4-7-16-42-24-15-12-20(17-25(24)41-2)27-26(28(38)19-10-13-22(33)14-11-19)29(39)30(40)37(27)31-35-36-32(44-31)43-18-21-8-5-6-9-23(21)34/h5-6,8-15,17,27,38H,3-4,7,16,18H2,1-2H3/b28-26-. The van der Waals surface area contributed by atoms with Crippen LogP contribution < -0.4 is 14.4 Å². The van der Waals surface area contributed by atoms with Crippen LogP contribution in [-0.4, -0.2) is 40.7 Å². The summed E-state index contributed by atoms with van der Waals surface area (Å²) >= 11 is 12.3. The van der Waals surface area contributed by atoms with Crippen LogP contribution in [-0.2, 0) is 15.3 Å². The van der Waals surface area contributed by atoms with E-state index in [1.165, 1.54) is 35.1 Å². The van der Waals surface area contributed by atoms with E-state index in [9.17, 15) is 14.7 Å². The summed E-state index contributed by atoms with van der Waals surface area (Å²) < 4.78 is 13.0. The zero-order valence-corrected chi connectivity index (χ0v) is 27.9. The van der Waals surface area contributed by atoms with Gasteiger partial charge in [0.15, 0.2) is 15.8 Å². The lowest BCUT2D eigenvalue weighted by Gasteiger charge is -2.23. The Labute approximate surface area is 277 Å². The quantitative estimate of drug-likeness (QED) is 0.0390. The number of aliphatic hydroxyl groups is 1. The number of rotatable bonds is 12. The Hall–Kier alpha value is -3.38. The van der Waals surface area contributed by atoms with Crippen LogP contribution in [0.15, 0.2) is 81.1 Å². The molecule has 2 heterocycles. The monoisotopic (exact) mass is 713 g/mol. The van der Waals surface area contributed by atoms with Crippen LogP contribution in [0.1, 0.15) is 48.9 Å². The molecule has 4 aromatic rings. The molecule has 1 aliphatic heterocycles. The Morgan fingerprint density at radius 2 is 1.84 bits per heavy atom. The van der Waals surface area contributed by atoms with E-state index in [1.807, 2.05) is 24.3 Å². The molecule has 1 aromatic heterocycles. The molecule has 1 amide bonds. The van der Waals surface area contributed by atoms with Crippen molar-refractivity contribution >= 4 is 73.2 Å². The summed E-state index contributed by atoms with van der Waals surface area (Å²) in [5.74, 6) is -0.384. The molecule has 1 aliphatic rings. The van der Waals surface area contributed by atoms with Crippen molar-refractivity contribution in [2.24, 2.45) is 0 Å². The molecular formula is C32H29BrClN3O5S2. The average Bonchev–Trinajstić information content (AvgIpc) is 3.60. The van der Waals surface area contributed by atoms with Crippen molar-refractivity contribution in [2.75, 3.05) is 18.6 Å². The predicted octanol–water partition coefficient (Wildman–Crippen LogP) is 8.45. The van der Waals surface area contributed by atoms with Crippen LogP contribution in [0.2, 0.25) is 5.02 Å². The molecule has 12 heteroatoms.